The fourth-order valence-electron chi connectivity index (χ4n) is 2.79. The lowest BCUT2D eigenvalue weighted by molar-refractivity contribution is 0.127. The van der Waals surface area contributed by atoms with Crippen molar-refractivity contribution in [2.45, 2.75) is 44.7 Å². The van der Waals surface area contributed by atoms with Crippen LogP contribution in [0.2, 0.25) is 0 Å². The second kappa shape index (κ2) is 4.41. The van der Waals surface area contributed by atoms with Crippen molar-refractivity contribution in [3.63, 3.8) is 0 Å². The van der Waals surface area contributed by atoms with Crippen molar-refractivity contribution in [3.05, 3.63) is 0 Å². The minimum Gasteiger partial charge on any atom is -0.316 e. The van der Waals surface area contributed by atoms with Crippen LogP contribution in [0.3, 0.4) is 0 Å². The highest BCUT2D eigenvalue weighted by atomic mass is 19.1. The summed E-state index contributed by atoms with van der Waals surface area (Å²) in [4.78, 5) is 0. The predicted molar refractivity (Wildman–Crippen MR) is 52.4 cm³/mol. The van der Waals surface area contributed by atoms with Crippen LogP contribution in [0.1, 0.15) is 38.5 Å². The molecule has 1 aliphatic heterocycles. The first kappa shape index (κ1) is 9.45. The minimum atomic E-state index is -0.518. The summed E-state index contributed by atoms with van der Waals surface area (Å²) < 4.78 is 14.0. The van der Waals surface area contributed by atoms with Gasteiger partial charge in [-0.15, -0.1) is 0 Å². The fourth-order valence-corrected chi connectivity index (χ4v) is 2.79. The highest BCUT2D eigenvalue weighted by Gasteiger charge is 2.31. The van der Waals surface area contributed by atoms with E-state index in [1.54, 1.807) is 0 Å². The Morgan fingerprint density at radius 2 is 1.77 bits per heavy atom. The van der Waals surface area contributed by atoms with Gasteiger partial charge in [0.2, 0.25) is 0 Å². The standard InChI is InChI=1S/C11H20FN/c12-11(10-6-7-13-8-10)9-4-2-1-3-5-9/h9-11,13H,1-8H2. The van der Waals surface area contributed by atoms with Gasteiger partial charge in [0.15, 0.2) is 0 Å². The Hall–Kier alpha value is -0.110. The Morgan fingerprint density at radius 3 is 2.38 bits per heavy atom. The molecule has 0 bridgehead atoms. The molecule has 0 radical (unpaired) electrons. The molecule has 2 unspecified atom stereocenters. The third-order valence-corrected chi connectivity index (χ3v) is 3.65. The second-order valence-electron chi connectivity index (χ2n) is 4.60. The van der Waals surface area contributed by atoms with Crippen LogP contribution in [-0.2, 0) is 0 Å². The van der Waals surface area contributed by atoms with Gasteiger partial charge in [-0.25, -0.2) is 4.39 Å². The van der Waals surface area contributed by atoms with E-state index in [2.05, 4.69) is 5.32 Å². The topological polar surface area (TPSA) is 12.0 Å². The van der Waals surface area contributed by atoms with Gasteiger partial charge in [0.25, 0.3) is 0 Å². The lowest BCUT2D eigenvalue weighted by Gasteiger charge is -2.28. The van der Waals surface area contributed by atoms with E-state index in [0.717, 1.165) is 32.4 Å². The first-order valence-corrected chi connectivity index (χ1v) is 5.72. The molecular formula is C11H20FN. The van der Waals surface area contributed by atoms with Gasteiger partial charge < -0.3 is 5.32 Å². The van der Waals surface area contributed by atoms with Crippen LogP contribution in [0.25, 0.3) is 0 Å². The predicted octanol–water partition coefficient (Wildman–Crippen LogP) is 2.51. The zero-order valence-corrected chi connectivity index (χ0v) is 8.27. The molecule has 0 aromatic rings. The molecule has 2 aliphatic rings. The average molecular weight is 185 g/mol. The maximum Gasteiger partial charge on any atom is 0.107 e. The molecule has 1 N–H and O–H groups in total. The van der Waals surface area contributed by atoms with Crippen LogP contribution in [0.5, 0.6) is 0 Å². The molecule has 1 saturated carbocycles. The molecular weight excluding hydrogens is 165 g/mol. The molecule has 1 heterocycles. The van der Waals surface area contributed by atoms with Crippen molar-refractivity contribution in [1.82, 2.24) is 5.32 Å². The van der Waals surface area contributed by atoms with Crippen molar-refractivity contribution < 1.29 is 4.39 Å². The van der Waals surface area contributed by atoms with Gasteiger partial charge in [-0.2, -0.15) is 0 Å². The van der Waals surface area contributed by atoms with Crippen LogP contribution in [0, 0.1) is 11.8 Å². The zero-order valence-electron chi connectivity index (χ0n) is 8.27. The molecule has 1 saturated heterocycles. The van der Waals surface area contributed by atoms with Crippen molar-refractivity contribution in [3.8, 4) is 0 Å². The summed E-state index contributed by atoms with van der Waals surface area (Å²) in [6.45, 7) is 1.94. The van der Waals surface area contributed by atoms with E-state index in [-0.39, 0.29) is 0 Å². The maximum absolute atomic E-state index is 14.0. The van der Waals surface area contributed by atoms with Gasteiger partial charge in [0.1, 0.15) is 6.17 Å². The van der Waals surface area contributed by atoms with Crippen LogP contribution in [0.15, 0.2) is 0 Å². The van der Waals surface area contributed by atoms with Crippen LogP contribution in [0.4, 0.5) is 4.39 Å². The number of hydrogen-bond acceptors (Lipinski definition) is 1. The summed E-state index contributed by atoms with van der Waals surface area (Å²) in [6, 6.07) is 0. The summed E-state index contributed by atoms with van der Waals surface area (Å²) in [6.07, 6.45) is 6.64. The van der Waals surface area contributed by atoms with Crippen LogP contribution < -0.4 is 5.32 Å². The molecule has 2 rings (SSSR count). The van der Waals surface area contributed by atoms with Crippen LogP contribution in [-0.4, -0.2) is 19.3 Å². The van der Waals surface area contributed by atoms with Gasteiger partial charge in [-0.05, 0) is 31.7 Å². The molecule has 0 aromatic carbocycles. The zero-order chi connectivity index (χ0) is 9.10. The Kier molecular flexibility index (Phi) is 3.20. The molecule has 0 amide bonds. The van der Waals surface area contributed by atoms with Crippen LogP contribution >= 0.6 is 0 Å². The molecule has 76 valence electrons. The van der Waals surface area contributed by atoms with Crippen molar-refractivity contribution in [1.29, 1.82) is 0 Å². The summed E-state index contributed by atoms with van der Waals surface area (Å²) in [5.74, 6) is 0.710. The Labute approximate surface area is 80.1 Å². The molecule has 2 heteroatoms. The van der Waals surface area contributed by atoms with E-state index in [9.17, 15) is 4.39 Å². The molecule has 0 spiro atoms. The molecule has 2 atom stereocenters. The van der Waals surface area contributed by atoms with Gasteiger partial charge >= 0.3 is 0 Å². The lowest BCUT2D eigenvalue weighted by atomic mass is 9.81. The number of nitrogens with one attached hydrogen (secondary N) is 1. The summed E-state index contributed by atoms with van der Waals surface area (Å²) in [7, 11) is 0. The van der Waals surface area contributed by atoms with Gasteiger partial charge in [-0.3, -0.25) is 0 Å². The first-order valence-electron chi connectivity index (χ1n) is 5.72. The fraction of sp³-hybridized carbons (Fsp3) is 1.00. The number of hydrogen-bond donors (Lipinski definition) is 1. The van der Waals surface area contributed by atoms with E-state index < -0.39 is 6.17 Å². The van der Waals surface area contributed by atoms with E-state index in [0.29, 0.717) is 11.8 Å². The molecule has 1 aliphatic carbocycles. The summed E-state index contributed by atoms with van der Waals surface area (Å²) in [5.41, 5.74) is 0. The quantitative estimate of drug-likeness (QED) is 0.697. The third-order valence-electron chi connectivity index (χ3n) is 3.65. The van der Waals surface area contributed by atoms with Crippen molar-refractivity contribution in [2.24, 2.45) is 11.8 Å². The first-order chi connectivity index (χ1) is 6.38. The normalized spacial score (nSPS) is 33.5. The monoisotopic (exact) mass is 185 g/mol. The summed E-state index contributed by atoms with van der Waals surface area (Å²) >= 11 is 0. The minimum absolute atomic E-state index is 0.322. The highest BCUT2D eigenvalue weighted by Crippen LogP contribution is 2.33. The largest absolute Gasteiger partial charge is 0.316 e. The Bertz CT molecular complexity index is 148. The van der Waals surface area contributed by atoms with Gasteiger partial charge in [-0.1, -0.05) is 19.3 Å². The second-order valence-corrected chi connectivity index (χ2v) is 4.60. The molecule has 2 fully saturated rings. The van der Waals surface area contributed by atoms with Gasteiger partial charge in [0, 0.05) is 12.5 Å². The van der Waals surface area contributed by atoms with Crippen molar-refractivity contribution in [2.75, 3.05) is 13.1 Å². The number of halogens is 1. The average Bonchev–Trinajstić information content (AvgIpc) is 2.71. The Morgan fingerprint density at radius 1 is 1.00 bits per heavy atom. The molecule has 13 heavy (non-hydrogen) atoms. The van der Waals surface area contributed by atoms with E-state index >= 15 is 0 Å². The molecule has 1 nitrogen and oxygen atoms in total. The third kappa shape index (κ3) is 2.22. The van der Waals surface area contributed by atoms with Gasteiger partial charge in [0.05, 0.1) is 0 Å². The van der Waals surface area contributed by atoms with E-state index in [1.807, 2.05) is 0 Å². The number of alkyl halides is 1. The number of rotatable bonds is 2. The van der Waals surface area contributed by atoms with E-state index in [1.165, 1.54) is 19.3 Å². The lowest BCUT2D eigenvalue weighted by Crippen LogP contribution is -2.28. The van der Waals surface area contributed by atoms with Crippen molar-refractivity contribution >= 4 is 0 Å². The Balaban J connectivity index is 1.83. The van der Waals surface area contributed by atoms with E-state index in [4.69, 9.17) is 0 Å². The smallest absolute Gasteiger partial charge is 0.107 e. The SMILES string of the molecule is FC(C1CCCCC1)C1CCNC1. The highest BCUT2D eigenvalue weighted by molar-refractivity contribution is 4.84. The summed E-state index contributed by atoms with van der Waals surface area (Å²) in [5, 5.41) is 3.25. The maximum atomic E-state index is 14.0. The molecule has 0 aromatic heterocycles.